The van der Waals surface area contributed by atoms with Gasteiger partial charge in [0.25, 0.3) is 0 Å². The number of hydrogen-bond acceptors (Lipinski definition) is 4. The molecule has 0 saturated carbocycles. The highest BCUT2D eigenvalue weighted by atomic mass is 79.9. The van der Waals surface area contributed by atoms with E-state index in [0.717, 1.165) is 34.8 Å². The molecular weight excluding hydrogens is 416 g/mol. The molecule has 2 rings (SSSR count). The van der Waals surface area contributed by atoms with Gasteiger partial charge in [-0.15, -0.1) is 0 Å². The van der Waals surface area contributed by atoms with Gasteiger partial charge in [0, 0.05) is 27.8 Å². The summed E-state index contributed by atoms with van der Waals surface area (Å²) in [6, 6.07) is 13.8. The second-order valence-corrected chi connectivity index (χ2v) is 5.58. The van der Waals surface area contributed by atoms with Crippen LogP contribution < -0.4 is 0 Å². The number of carboxylic acid groups (broad SMARTS) is 2. The third-order valence-electron chi connectivity index (χ3n) is 2.67. The fraction of sp³-hybridized carbons (Fsp3) is 0. The lowest BCUT2D eigenvalue weighted by atomic mass is 10.1. The van der Waals surface area contributed by atoms with Gasteiger partial charge in [-0.3, -0.25) is 9.59 Å². The fourth-order valence-corrected chi connectivity index (χ4v) is 1.66. The molecule has 7 heteroatoms. The summed E-state index contributed by atoms with van der Waals surface area (Å²) in [4.78, 5) is 39.8. The predicted molar refractivity (Wildman–Crippen MR) is 106 cm³/mol. The van der Waals surface area contributed by atoms with E-state index in [9.17, 15) is 19.2 Å². The molecule has 27 heavy (non-hydrogen) atoms. The van der Waals surface area contributed by atoms with Crippen molar-refractivity contribution in [1.29, 1.82) is 0 Å². The maximum absolute atomic E-state index is 10.3. The maximum atomic E-state index is 10.3. The van der Waals surface area contributed by atoms with Crippen molar-refractivity contribution in [3.63, 3.8) is 0 Å². The van der Waals surface area contributed by atoms with Crippen molar-refractivity contribution in [3.8, 4) is 0 Å². The molecule has 2 aromatic carbocycles. The van der Waals surface area contributed by atoms with E-state index in [2.05, 4.69) is 22.5 Å². The molecule has 0 spiro atoms. The molecule has 0 radical (unpaired) electrons. The van der Waals surface area contributed by atoms with Gasteiger partial charge >= 0.3 is 11.9 Å². The Kier molecular flexibility index (Phi) is 12.2. The molecule has 6 nitrogen and oxygen atoms in total. The molecule has 0 bridgehead atoms. The van der Waals surface area contributed by atoms with Crippen LogP contribution in [0.3, 0.4) is 0 Å². The van der Waals surface area contributed by atoms with E-state index in [0.29, 0.717) is 11.1 Å². The highest BCUT2D eigenvalue weighted by Crippen LogP contribution is 2.08. The zero-order chi connectivity index (χ0) is 20.7. The second-order valence-electron chi connectivity index (χ2n) is 4.67. The molecule has 140 valence electrons. The van der Waals surface area contributed by atoms with Gasteiger partial charge in [0.1, 0.15) is 12.6 Å². The van der Waals surface area contributed by atoms with E-state index in [1.165, 1.54) is 6.08 Å². The van der Waals surface area contributed by atoms with Gasteiger partial charge in [0.15, 0.2) is 0 Å². The summed E-state index contributed by atoms with van der Waals surface area (Å²) in [6.07, 6.45) is 4.92. The molecule has 0 aliphatic rings. The van der Waals surface area contributed by atoms with Crippen molar-refractivity contribution in [3.05, 3.63) is 88.4 Å². The smallest absolute Gasteiger partial charge is 0.328 e. The minimum absolute atomic E-state index is 0.576. The molecular formula is C20H17BrO6. The van der Waals surface area contributed by atoms with Crippen LogP contribution in [-0.4, -0.2) is 34.7 Å². The quantitative estimate of drug-likeness (QED) is 0.543. The molecule has 0 heterocycles. The average Bonchev–Trinajstić information content (AvgIpc) is 2.68. The topological polar surface area (TPSA) is 109 Å². The minimum atomic E-state index is -0.987. The van der Waals surface area contributed by atoms with Crippen LogP contribution in [0.2, 0.25) is 0 Å². The number of aliphatic carboxylic acids is 2. The number of benzene rings is 2. The molecule has 2 N–H and O–H groups in total. The zero-order valence-corrected chi connectivity index (χ0v) is 15.7. The number of aldehydes is 2. The van der Waals surface area contributed by atoms with Crippen LogP contribution in [0.1, 0.15) is 26.3 Å². The first-order valence-electron chi connectivity index (χ1n) is 7.34. The van der Waals surface area contributed by atoms with Gasteiger partial charge < -0.3 is 10.2 Å². The van der Waals surface area contributed by atoms with E-state index < -0.39 is 11.9 Å². The molecule has 0 amide bonds. The zero-order valence-electron chi connectivity index (χ0n) is 14.1. The number of carbonyl (C=O) groups is 4. The van der Waals surface area contributed by atoms with Gasteiger partial charge in [0.05, 0.1) is 0 Å². The minimum Gasteiger partial charge on any atom is -0.478 e. The molecule has 0 aromatic heterocycles. The molecule has 0 fully saturated rings. The Morgan fingerprint density at radius 1 is 0.778 bits per heavy atom. The number of hydrogen-bond donors (Lipinski definition) is 2. The van der Waals surface area contributed by atoms with Crippen molar-refractivity contribution >= 4 is 46.5 Å². The Balaban J connectivity index is 0.000000419. The largest absolute Gasteiger partial charge is 0.478 e. The van der Waals surface area contributed by atoms with Crippen molar-refractivity contribution in [1.82, 2.24) is 0 Å². The van der Waals surface area contributed by atoms with Crippen LogP contribution in [0.4, 0.5) is 0 Å². The summed E-state index contributed by atoms with van der Waals surface area (Å²) in [5, 5.41) is 15.9. The standard InChI is InChI=1S/C10H8O3.C7H5BrO.C3H4O2/c11-7-9-3-1-8(2-4-9)5-6-10(12)13;8-7-3-1-6(5-9)2-4-7;1-2-3(4)5/h1-7H,(H,12,13);1-5H;2H,1H2,(H,4,5)/b6-5+;;. The molecule has 0 unspecified atom stereocenters. The molecule has 0 saturated heterocycles. The van der Waals surface area contributed by atoms with Crippen LogP contribution in [0.5, 0.6) is 0 Å². The van der Waals surface area contributed by atoms with Crippen LogP contribution in [-0.2, 0) is 9.59 Å². The van der Waals surface area contributed by atoms with Crippen molar-refractivity contribution in [2.45, 2.75) is 0 Å². The summed E-state index contributed by atoms with van der Waals surface area (Å²) in [6.45, 7) is 2.96. The van der Waals surface area contributed by atoms with E-state index in [-0.39, 0.29) is 0 Å². The Labute approximate surface area is 164 Å². The first-order chi connectivity index (χ1) is 12.8. The normalized spacial score (nSPS) is 9.07. The van der Waals surface area contributed by atoms with E-state index in [4.69, 9.17) is 10.2 Å². The lowest BCUT2D eigenvalue weighted by molar-refractivity contribution is -0.132. The number of halogens is 1. The molecule has 0 aliphatic heterocycles. The maximum Gasteiger partial charge on any atom is 0.328 e. The van der Waals surface area contributed by atoms with Crippen molar-refractivity contribution in [2.24, 2.45) is 0 Å². The van der Waals surface area contributed by atoms with Crippen LogP contribution in [0.25, 0.3) is 6.08 Å². The van der Waals surface area contributed by atoms with Gasteiger partial charge in [-0.1, -0.05) is 58.9 Å². The van der Waals surface area contributed by atoms with Crippen LogP contribution in [0, 0.1) is 0 Å². The predicted octanol–water partition coefficient (Wildman–Crippen LogP) is 4.12. The van der Waals surface area contributed by atoms with Crippen molar-refractivity contribution in [2.75, 3.05) is 0 Å². The SMILES string of the molecule is C=CC(=O)O.O=Cc1ccc(/C=C/C(=O)O)cc1.O=Cc1ccc(Br)cc1. The molecule has 0 aliphatic carbocycles. The number of carbonyl (C=O) groups excluding carboxylic acids is 2. The highest BCUT2D eigenvalue weighted by Gasteiger charge is 1.90. The monoisotopic (exact) mass is 432 g/mol. The average molecular weight is 433 g/mol. The fourth-order valence-electron chi connectivity index (χ4n) is 1.39. The first-order valence-corrected chi connectivity index (χ1v) is 8.14. The highest BCUT2D eigenvalue weighted by molar-refractivity contribution is 9.10. The second kappa shape index (κ2) is 13.9. The van der Waals surface area contributed by atoms with Crippen LogP contribution in [0.15, 0.2) is 71.7 Å². The summed E-state index contributed by atoms with van der Waals surface area (Å²) < 4.78 is 0.994. The lowest BCUT2D eigenvalue weighted by Crippen LogP contribution is -1.85. The Morgan fingerprint density at radius 2 is 1.15 bits per heavy atom. The van der Waals surface area contributed by atoms with Crippen molar-refractivity contribution < 1.29 is 29.4 Å². The number of rotatable bonds is 5. The van der Waals surface area contributed by atoms with E-state index in [1.54, 1.807) is 36.4 Å². The molecule has 2 aromatic rings. The summed E-state index contributed by atoms with van der Waals surface area (Å²) in [5.41, 5.74) is 2.04. The Bertz CT molecular complexity index is 792. The Morgan fingerprint density at radius 3 is 1.48 bits per heavy atom. The van der Waals surface area contributed by atoms with Gasteiger partial charge in [-0.05, 0) is 23.8 Å². The van der Waals surface area contributed by atoms with Gasteiger partial charge in [0.2, 0.25) is 0 Å². The van der Waals surface area contributed by atoms with E-state index in [1.807, 2.05) is 12.1 Å². The lowest BCUT2D eigenvalue weighted by Gasteiger charge is -1.92. The third kappa shape index (κ3) is 12.7. The van der Waals surface area contributed by atoms with Gasteiger partial charge in [-0.2, -0.15) is 0 Å². The number of carboxylic acids is 2. The summed E-state index contributed by atoms with van der Waals surface area (Å²) in [7, 11) is 0. The Hall–Kier alpha value is -3.32. The summed E-state index contributed by atoms with van der Waals surface area (Å²) >= 11 is 3.26. The van der Waals surface area contributed by atoms with Gasteiger partial charge in [-0.25, -0.2) is 9.59 Å². The third-order valence-corrected chi connectivity index (χ3v) is 3.20. The summed E-state index contributed by atoms with van der Waals surface area (Å²) in [5.74, 6) is -1.97. The first kappa shape index (κ1) is 23.7. The van der Waals surface area contributed by atoms with E-state index >= 15 is 0 Å². The molecule has 0 atom stereocenters. The van der Waals surface area contributed by atoms with Crippen LogP contribution >= 0.6 is 15.9 Å².